The van der Waals surface area contributed by atoms with Crippen molar-refractivity contribution >= 4 is 34.8 Å². The molecule has 1 saturated heterocycles. The van der Waals surface area contributed by atoms with E-state index in [0.29, 0.717) is 44.0 Å². The first-order chi connectivity index (χ1) is 12.6. The maximum absolute atomic E-state index is 13.5. The van der Waals surface area contributed by atoms with Crippen LogP contribution in [0.1, 0.15) is 33.6 Å². The van der Waals surface area contributed by atoms with Gasteiger partial charge in [-0.05, 0) is 36.5 Å². The van der Waals surface area contributed by atoms with Crippen molar-refractivity contribution in [3.05, 3.63) is 29.3 Å². The zero-order valence-electron chi connectivity index (χ0n) is 16.0. The van der Waals surface area contributed by atoms with Gasteiger partial charge in [-0.15, -0.1) is 0 Å². The summed E-state index contributed by atoms with van der Waals surface area (Å²) in [6.07, 6.45) is 1.09. The van der Waals surface area contributed by atoms with Crippen molar-refractivity contribution in [3.8, 4) is 0 Å². The molecule has 3 aliphatic rings. The summed E-state index contributed by atoms with van der Waals surface area (Å²) in [6, 6.07) is 7.68. The average Bonchev–Trinajstić information content (AvgIpc) is 2.93. The molecule has 5 nitrogen and oxygen atoms in total. The number of fused-ring (bicyclic) bond motifs is 2. The number of amides is 1. The van der Waals surface area contributed by atoms with Crippen LogP contribution in [0.2, 0.25) is 5.02 Å². The fourth-order valence-electron chi connectivity index (χ4n) is 5.35. The van der Waals surface area contributed by atoms with E-state index in [-0.39, 0.29) is 11.7 Å². The predicted molar refractivity (Wildman–Crippen MR) is 104 cm³/mol. The SMILES string of the molecule is CC1(C)[C@@]2(C(=O)N3CCN(c4cccc(Cl)c4)CC3)CC[C@@]1(C)C(=O)C2=O. The van der Waals surface area contributed by atoms with Gasteiger partial charge in [-0.1, -0.05) is 38.4 Å². The largest absolute Gasteiger partial charge is 0.368 e. The lowest BCUT2D eigenvalue weighted by Crippen LogP contribution is -2.57. The number of benzene rings is 1. The van der Waals surface area contributed by atoms with Crippen LogP contribution in [0.4, 0.5) is 5.69 Å². The molecule has 0 spiro atoms. The quantitative estimate of drug-likeness (QED) is 0.577. The molecule has 27 heavy (non-hydrogen) atoms. The summed E-state index contributed by atoms with van der Waals surface area (Å²) in [5.41, 5.74) is -1.51. The number of nitrogens with zero attached hydrogens (tertiary/aromatic N) is 2. The number of carbonyl (C=O) groups excluding carboxylic acids is 3. The molecule has 1 aromatic carbocycles. The summed E-state index contributed by atoms with van der Waals surface area (Å²) in [5.74, 6) is -0.981. The Kier molecular flexibility index (Phi) is 3.97. The van der Waals surface area contributed by atoms with Crippen LogP contribution in [-0.4, -0.2) is 48.6 Å². The molecule has 2 bridgehead atoms. The van der Waals surface area contributed by atoms with Crippen LogP contribution >= 0.6 is 11.6 Å². The zero-order valence-corrected chi connectivity index (χ0v) is 16.8. The molecule has 1 heterocycles. The van der Waals surface area contributed by atoms with Crippen molar-refractivity contribution in [3.63, 3.8) is 0 Å². The van der Waals surface area contributed by atoms with Crippen molar-refractivity contribution in [2.45, 2.75) is 33.6 Å². The van der Waals surface area contributed by atoms with Crippen molar-refractivity contribution in [2.75, 3.05) is 31.1 Å². The fraction of sp³-hybridized carbons (Fsp3) is 0.571. The summed E-state index contributed by atoms with van der Waals surface area (Å²) >= 11 is 6.08. The molecule has 2 aliphatic carbocycles. The number of hydrogen-bond acceptors (Lipinski definition) is 4. The van der Waals surface area contributed by atoms with E-state index < -0.39 is 22.0 Å². The Balaban J connectivity index is 1.55. The topological polar surface area (TPSA) is 57.7 Å². The van der Waals surface area contributed by atoms with E-state index in [1.54, 1.807) is 4.90 Å². The molecule has 0 radical (unpaired) electrons. The lowest BCUT2D eigenvalue weighted by Gasteiger charge is -2.43. The van der Waals surface area contributed by atoms with E-state index in [9.17, 15) is 14.4 Å². The monoisotopic (exact) mass is 388 g/mol. The molecule has 4 rings (SSSR count). The average molecular weight is 389 g/mol. The molecule has 2 atom stereocenters. The van der Waals surface area contributed by atoms with E-state index in [0.717, 1.165) is 5.69 Å². The van der Waals surface area contributed by atoms with Gasteiger partial charge in [0.25, 0.3) is 0 Å². The zero-order chi connectivity index (χ0) is 19.6. The number of carbonyl (C=O) groups is 3. The number of hydrogen-bond donors (Lipinski definition) is 0. The van der Waals surface area contributed by atoms with Gasteiger partial charge in [0, 0.05) is 42.3 Å². The Labute approximate surface area is 164 Å². The molecular formula is C21H25ClN2O3. The first-order valence-electron chi connectivity index (χ1n) is 9.54. The van der Waals surface area contributed by atoms with Crippen molar-refractivity contribution in [1.29, 1.82) is 0 Å². The summed E-state index contributed by atoms with van der Waals surface area (Å²) in [6.45, 7) is 8.14. The van der Waals surface area contributed by atoms with Gasteiger partial charge in [-0.2, -0.15) is 0 Å². The molecular weight excluding hydrogens is 364 g/mol. The minimum atomic E-state index is -1.18. The van der Waals surface area contributed by atoms with Crippen molar-refractivity contribution < 1.29 is 14.4 Å². The van der Waals surface area contributed by atoms with Gasteiger partial charge < -0.3 is 9.80 Å². The number of anilines is 1. The molecule has 0 N–H and O–H groups in total. The second-order valence-corrected chi connectivity index (χ2v) is 9.22. The lowest BCUT2D eigenvalue weighted by atomic mass is 9.64. The van der Waals surface area contributed by atoms with Crippen LogP contribution in [0.3, 0.4) is 0 Å². The highest BCUT2D eigenvalue weighted by Gasteiger charge is 2.78. The number of Topliss-reactive ketones (excluding diaryl/α,β-unsaturated/α-hetero) is 2. The molecule has 3 fully saturated rings. The van der Waals surface area contributed by atoms with Crippen molar-refractivity contribution in [2.24, 2.45) is 16.2 Å². The van der Waals surface area contributed by atoms with Gasteiger partial charge in [0.15, 0.2) is 0 Å². The molecule has 6 heteroatoms. The maximum atomic E-state index is 13.5. The molecule has 1 aliphatic heterocycles. The van der Waals surface area contributed by atoms with Gasteiger partial charge in [0.1, 0.15) is 5.41 Å². The van der Waals surface area contributed by atoms with Gasteiger partial charge in [-0.3, -0.25) is 14.4 Å². The number of ketones is 2. The number of halogens is 1. The molecule has 0 aromatic heterocycles. The number of piperazine rings is 1. The molecule has 0 unspecified atom stereocenters. The minimum absolute atomic E-state index is 0.155. The Hall–Kier alpha value is -1.88. The summed E-state index contributed by atoms with van der Waals surface area (Å²) in [7, 11) is 0. The molecule has 2 saturated carbocycles. The van der Waals surface area contributed by atoms with Gasteiger partial charge in [0.2, 0.25) is 17.5 Å². The van der Waals surface area contributed by atoms with Crippen LogP contribution in [0, 0.1) is 16.2 Å². The highest BCUT2D eigenvalue weighted by Crippen LogP contribution is 2.69. The minimum Gasteiger partial charge on any atom is -0.368 e. The van der Waals surface area contributed by atoms with Gasteiger partial charge in [-0.25, -0.2) is 0 Å². The summed E-state index contributed by atoms with van der Waals surface area (Å²) in [5, 5.41) is 0.687. The first-order valence-corrected chi connectivity index (χ1v) is 9.92. The normalized spacial score (nSPS) is 32.3. The van der Waals surface area contributed by atoms with Gasteiger partial charge in [0.05, 0.1) is 0 Å². The van der Waals surface area contributed by atoms with Crippen LogP contribution in [0.5, 0.6) is 0 Å². The second kappa shape index (κ2) is 5.81. The Morgan fingerprint density at radius 1 is 1.00 bits per heavy atom. The third-order valence-corrected chi connectivity index (χ3v) is 7.88. The summed E-state index contributed by atoms with van der Waals surface area (Å²) < 4.78 is 0. The standard InChI is InChI=1S/C21H25ClN2O3/c1-19(2)20(3)7-8-21(19,17(26)16(20)25)18(27)24-11-9-23(10-12-24)15-6-4-5-14(22)13-15/h4-6,13H,7-12H2,1-3H3/t20-,21-/m0/s1. The predicted octanol–water partition coefficient (Wildman–Crippen LogP) is 2.95. The van der Waals surface area contributed by atoms with Crippen LogP contribution in [0.25, 0.3) is 0 Å². The van der Waals surface area contributed by atoms with Crippen LogP contribution < -0.4 is 4.90 Å². The smallest absolute Gasteiger partial charge is 0.237 e. The van der Waals surface area contributed by atoms with E-state index in [1.807, 2.05) is 45.0 Å². The van der Waals surface area contributed by atoms with E-state index in [1.165, 1.54) is 0 Å². The van der Waals surface area contributed by atoms with E-state index >= 15 is 0 Å². The Bertz CT molecular complexity index is 844. The van der Waals surface area contributed by atoms with Crippen LogP contribution in [-0.2, 0) is 14.4 Å². The Morgan fingerprint density at radius 3 is 2.22 bits per heavy atom. The molecule has 1 amide bonds. The molecule has 144 valence electrons. The van der Waals surface area contributed by atoms with E-state index in [4.69, 9.17) is 11.6 Å². The van der Waals surface area contributed by atoms with Crippen molar-refractivity contribution in [1.82, 2.24) is 4.90 Å². The second-order valence-electron chi connectivity index (χ2n) is 8.78. The van der Waals surface area contributed by atoms with Crippen LogP contribution in [0.15, 0.2) is 24.3 Å². The fourth-order valence-corrected chi connectivity index (χ4v) is 5.54. The lowest BCUT2D eigenvalue weighted by molar-refractivity contribution is -0.155. The highest BCUT2D eigenvalue weighted by atomic mass is 35.5. The third kappa shape index (κ3) is 2.21. The highest BCUT2D eigenvalue weighted by molar-refractivity contribution is 6.48. The Morgan fingerprint density at radius 2 is 1.67 bits per heavy atom. The number of rotatable bonds is 2. The third-order valence-electron chi connectivity index (χ3n) is 7.65. The van der Waals surface area contributed by atoms with Gasteiger partial charge >= 0.3 is 0 Å². The summed E-state index contributed by atoms with van der Waals surface area (Å²) in [4.78, 5) is 43.0. The maximum Gasteiger partial charge on any atom is 0.237 e. The molecule has 1 aromatic rings. The van der Waals surface area contributed by atoms with E-state index in [2.05, 4.69) is 4.90 Å². The first kappa shape index (κ1) is 18.5.